The molecule has 0 heterocycles. The topological polar surface area (TPSA) is 176 Å². The Kier molecular flexibility index (Phi) is 8.84. The van der Waals surface area contributed by atoms with E-state index in [1.165, 1.54) is 18.2 Å². The second-order valence-electron chi connectivity index (χ2n) is 10.8. The van der Waals surface area contributed by atoms with Gasteiger partial charge in [-0.25, -0.2) is 0 Å². The number of nitriles is 7. The molecule has 8 nitrogen and oxygen atoms in total. The summed E-state index contributed by atoms with van der Waals surface area (Å²) < 4.78 is 126. The highest BCUT2D eigenvalue weighted by atomic mass is 19.4. The van der Waals surface area contributed by atoms with Gasteiger partial charge in [0.25, 0.3) is 0 Å². The molecule has 2 aliphatic carbocycles. The maximum absolute atomic E-state index is 13.9. The maximum atomic E-state index is 13.9. The fraction of sp³-hybridized carbons (Fsp3) is 0.0833. The van der Waals surface area contributed by atoms with E-state index in [0.29, 0.717) is 12.1 Å². The molecular formula is C36H8F9N7O. The molecule has 0 bridgehead atoms. The number of nitrogens with zero attached hydrogens (tertiary/aromatic N) is 7. The summed E-state index contributed by atoms with van der Waals surface area (Å²) in [6.45, 7) is 0. The van der Waals surface area contributed by atoms with Crippen LogP contribution >= 0.6 is 0 Å². The van der Waals surface area contributed by atoms with Crippen LogP contribution in [0.15, 0.2) is 59.7 Å². The van der Waals surface area contributed by atoms with E-state index >= 15 is 0 Å². The Labute approximate surface area is 291 Å². The molecule has 0 radical (unpaired) electrons. The molecule has 0 atom stereocenters. The van der Waals surface area contributed by atoms with E-state index in [4.69, 9.17) is 0 Å². The molecular weight excluding hydrogens is 717 g/mol. The highest BCUT2D eigenvalue weighted by molar-refractivity contribution is 6.30. The lowest BCUT2D eigenvalue weighted by Crippen LogP contribution is -2.17. The largest absolute Gasteiger partial charge is 0.573 e. The minimum atomic E-state index is -5.33. The van der Waals surface area contributed by atoms with Crippen LogP contribution < -0.4 is 4.74 Å². The number of fused-ring (bicyclic) bond motifs is 2. The zero-order valence-corrected chi connectivity index (χ0v) is 25.6. The minimum Gasteiger partial charge on any atom is -0.404 e. The summed E-state index contributed by atoms with van der Waals surface area (Å²) in [6, 6.07) is 16.4. The molecule has 5 rings (SSSR count). The highest BCUT2D eigenvalue weighted by Gasteiger charge is 2.41. The van der Waals surface area contributed by atoms with Gasteiger partial charge in [0.15, 0.2) is 0 Å². The highest BCUT2D eigenvalue weighted by Crippen LogP contribution is 2.55. The Balaban J connectivity index is 1.92. The number of rotatable bonds is 3. The van der Waals surface area contributed by atoms with Gasteiger partial charge in [-0.2, -0.15) is 63.2 Å². The van der Waals surface area contributed by atoms with E-state index in [9.17, 15) is 76.3 Å². The fourth-order valence-corrected chi connectivity index (χ4v) is 5.90. The van der Waals surface area contributed by atoms with E-state index in [1.54, 1.807) is 18.2 Å². The molecule has 0 spiro atoms. The fourth-order valence-electron chi connectivity index (χ4n) is 5.90. The van der Waals surface area contributed by atoms with Gasteiger partial charge < -0.3 is 4.74 Å². The number of ether oxygens (including phenoxy) is 1. The smallest absolute Gasteiger partial charge is 0.404 e. The third kappa shape index (κ3) is 6.26. The zero-order valence-electron chi connectivity index (χ0n) is 25.6. The maximum Gasteiger partial charge on any atom is 0.573 e. The standard InChI is InChI=1S/C36H8F9N7O/c37-34(38,39)21-4-17(5-22(6-21)35(40,41)42)31-28(15-52)24-7-23-25(8-26(24)33(31)20(12-49)13-50)32(19(10-47)11-48)30(27(23)14-51)16-1-2-29(18(3-16)9-46)53-36(43,44)45/h1-8H. The lowest BCUT2D eigenvalue weighted by Gasteiger charge is -2.16. The Morgan fingerprint density at radius 1 is 0.491 bits per heavy atom. The molecule has 0 saturated heterocycles. The molecule has 53 heavy (non-hydrogen) atoms. The van der Waals surface area contributed by atoms with Gasteiger partial charge in [-0.15, -0.1) is 13.2 Å². The van der Waals surface area contributed by atoms with Gasteiger partial charge in [-0.3, -0.25) is 0 Å². The van der Waals surface area contributed by atoms with Crippen LogP contribution in [0.1, 0.15) is 50.1 Å². The number of allylic oxidation sites excluding steroid dienone is 8. The van der Waals surface area contributed by atoms with Gasteiger partial charge in [0.1, 0.15) is 59.4 Å². The van der Waals surface area contributed by atoms with Crippen molar-refractivity contribution in [2.24, 2.45) is 0 Å². The number of hydrogen-bond donors (Lipinski definition) is 0. The monoisotopic (exact) mass is 725 g/mol. The molecule has 0 unspecified atom stereocenters. The van der Waals surface area contributed by atoms with Crippen molar-refractivity contribution < 1.29 is 44.3 Å². The van der Waals surface area contributed by atoms with E-state index in [2.05, 4.69) is 4.74 Å². The summed E-state index contributed by atoms with van der Waals surface area (Å²) in [5.41, 5.74) is -10.6. The second-order valence-corrected chi connectivity index (χ2v) is 10.8. The van der Waals surface area contributed by atoms with Crippen LogP contribution in [0, 0.1) is 79.3 Å². The van der Waals surface area contributed by atoms with Crippen LogP contribution in [-0.2, 0) is 12.4 Å². The molecule has 17 heteroatoms. The van der Waals surface area contributed by atoms with Gasteiger partial charge in [0.05, 0.1) is 27.8 Å². The summed E-state index contributed by atoms with van der Waals surface area (Å²) in [6.07, 6.45) is -15.9. The van der Waals surface area contributed by atoms with Crippen LogP contribution in [0.3, 0.4) is 0 Å². The first-order valence-electron chi connectivity index (χ1n) is 14.0. The third-order valence-electron chi connectivity index (χ3n) is 7.90. The van der Waals surface area contributed by atoms with Crippen LogP contribution in [0.4, 0.5) is 39.5 Å². The third-order valence-corrected chi connectivity index (χ3v) is 7.90. The normalized spacial score (nSPS) is 13.4. The molecule has 0 amide bonds. The van der Waals surface area contributed by atoms with Crippen LogP contribution in [0.2, 0.25) is 0 Å². The molecule has 3 aromatic rings. The van der Waals surface area contributed by atoms with Crippen molar-refractivity contribution in [2.45, 2.75) is 18.7 Å². The number of hydrogen-bond acceptors (Lipinski definition) is 8. The van der Waals surface area contributed by atoms with Crippen molar-refractivity contribution in [2.75, 3.05) is 0 Å². The lowest BCUT2D eigenvalue weighted by atomic mass is 9.88. The predicted molar refractivity (Wildman–Crippen MR) is 162 cm³/mol. The Morgan fingerprint density at radius 2 is 0.925 bits per heavy atom. The molecule has 2 aliphatic rings. The number of halogens is 9. The van der Waals surface area contributed by atoms with E-state index < -0.39 is 74.6 Å². The Bertz CT molecular complexity index is 2560. The van der Waals surface area contributed by atoms with Crippen LogP contribution in [-0.4, -0.2) is 6.36 Å². The van der Waals surface area contributed by atoms with Crippen molar-refractivity contribution in [1.29, 1.82) is 36.8 Å². The Morgan fingerprint density at radius 3 is 1.30 bits per heavy atom. The van der Waals surface area contributed by atoms with Crippen molar-refractivity contribution in [3.63, 3.8) is 0 Å². The molecule has 3 aromatic carbocycles. The molecule has 256 valence electrons. The van der Waals surface area contributed by atoms with Crippen molar-refractivity contribution in [1.82, 2.24) is 0 Å². The van der Waals surface area contributed by atoms with Gasteiger partial charge in [-0.1, -0.05) is 6.07 Å². The first-order valence-corrected chi connectivity index (χ1v) is 14.0. The van der Waals surface area contributed by atoms with Gasteiger partial charge >= 0.3 is 18.7 Å². The van der Waals surface area contributed by atoms with Crippen molar-refractivity contribution in [3.05, 3.63) is 110 Å². The average Bonchev–Trinajstić information content (AvgIpc) is 3.59. The lowest BCUT2D eigenvalue weighted by molar-refractivity contribution is -0.274. The van der Waals surface area contributed by atoms with Gasteiger partial charge in [0, 0.05) is 33.4 Å². The summed E-state index contributed by atoms with van der Waals surface area (Å²) >= 11 is 0. The predicted octanol–water partition coefficient (Wildman–Crippen LogP) is 8.99. The average molecular weight is 725 g/mol. The minimum absolute atomic E-state index is 0.168. The number of alkyl halides is 9. The van der Waals surface area contributed by atoms with E-state index in [-0.39, 0.29) is 50.6 Å². The first-order chi connectivity index (χ1) is 24.9. The molecule has 0 N–H and O–H groups in total. The second kappa shape index (κ2) is 12.8. The number of benzene rings is 3. The Hall–Kier alpha value is -7.78. The summed E-state index contributed by atoms with van der Waals surface area (Å²) in [4.78, 5) is 0. The summed E-state index contributed by atoms with van der Waals surface area (Å²) in [7, 11) is 0. The zero-order chi connectivity index (χ0) is 39.2. The van der Waals surface area contributed by atoms with Gasteiger partial charge in [-0.05, 0) is 64.7 Å². The van der Waals surface area contributed by atoms with Crippen molar-refractivity contribution in [3.8, 4) is 48.2 Å². The van der Waals surface area contributed by atoms with Gasteiger partial charge in [0.2, 0.25) is 0 Å². The molecule has 0 saturated carbocycles. The van der Waals surface area contributed by atoms with E-state index in [1.807, 2.05) is 6.07 Å². The summed E-state index contributed by atoms with van der Waals surface area (Å²) in [5.74, 6) is -0.932. The van der Waals surface area contributed by atoms with Crippen molar-refractivity contribution >= 4 is 33.4 Å². The first kappa shape index (κ1) is 36.5. The van der Waals surface area contributed by atoms with E-state index in [0.717, 1.165) is 30.3 Å². The molecule has 0 aliphatic heterocycles. The SMILES string of the molecule is N#CC(C#N)=C1C(c2cc(C(F)(F)F)cc(C(F)(F)F)c2)=C(C#N)c2cc3c(cc21)C(=C(C#N)C#N)C(c1ccc(OC(F)(F)F)c(C#N)c1)=C3C#N. The van der Waals surface area contributed by atoms with Crippen LogP contribution in [0.25, 0.3) is 33.4 Å². The van der Waals surface area contributed by atoms with Crippen LogP contribution in [0.5, 0.6) is 5.75 Å². The molecule has 0 fully saturated rings. The molecule has 0 aromatic heterocycles. The quantitative estimate of drug-likeness (QED) is 0.190. The summed E-state index contributed by atoms with van der Waals surface area (Å²) in [5, 5.41) is 69.8.